The molecule has 0 aromatic heterocycles. The van der Waals surface area contributed by atoms with E-state index in [4.69, 9.17) is 23.2 Å². The molecule has 2 aromatic rings. The van der Waals surface area contributed by atoms with Gasteiger partial charge in [0, 0.05) is 28.5 Å². The number of halogens is 2. The maximum atomic E-state index is 12.3. The summed E-state index contributed by atoms with van der Waals surface area (Å²) in [6, 6.07) is 10.5. The molecule has 0 atom stereocenters. The average Bonchev–Trinajstić information content (AvgIpc) is 2.43. The first-order valence-electron chi connectivity index (χ1n) is 6.06. The molecule has 1 amide bonds. The van der Waals surface area contributed by atoms with Crippen LogP contribution in [0.2, 0.25) is 10.0 Å². The molecule has 0 fully saturated rings. The fraction of sp³-hybridized carbons (Fsp3) is 0.133. The number of carbonyl (C=O) groups excluding carboxylic acids is 1. The summed E-state index contributed by atoms with van der Waals surface area (Å²) in [5.74, 6) is -0.239. The first-order chi connectivity index (χ1) is 9.51. The summed E-state index contributed by atoms with van der Waals surface area (Å²) in [5.41, 5.74) is 2.80. The lowest BCUT2D eigenvalue weighted by molar-refractivity contribution is 0.102. The number of amides is 1. The minimum absolute atomic E-state index is 0.239. The van der Waals surface area contributed by atoms with Gasteiger partial charge in [-0.3, -0.25) is 4.79 Å². The normalized spacial score (nSPS) is 10.2. The molecule has 2 N–H and O–H groups in total. The molecule has 104 valence electrons. The molecule has 0 aliphatic rings. The van der Waals surface area contributed by atoms with E-state index in [2.05, 4.69) is 10.6 Å². The molecule has 2 aromatic carbocycles. The maximum Gasteiger partial charge on any atom is 0.257 e. The molecule has 0 bridgehead atoms. The highest BCUT2D eigenvalue weighted by Crippen LogP contribution is 2.23. The summed E-state index contributed by atoms with van der Waals surface area (Å²) >= 11 is 12.0. The third-order valence-corrected chi connectivity index (χ3v) is 3.57. The van der Waals surface area contributed by atoms with E-state index in [9.17, 15) is 4.79 Å². The number of nitrogens with one attached hydrogen (secondary N) is 2. The standard InChI is InChI=1S/C15H14Cl2N2O/c1-9-3-5-11(8-13(9)17)19-15(20)12-7-10(16)4-6-14(12)18-2/h3-8,18H,1-2H3,(H,19,20). The highest BCUT2D eigenvalue weighted by atomic mass is 35.5. The zero-order valence-corrected chi connectivity index (χ0v) is 12.6. The van der Waals surface area contributed by atoms with Gasteiger partial charge in [-0.2, -0.15) is 0 Å². The second-order valence-electron chi connectivity index (χ2n) is 4.36. The Labute approximate surface area is 127 Å². The van der Waals surface area contributed by atoms with E-state index in [1.807, 2.05) is 19.1 Å². The Morgan fingerprint density at radius 1 is 1.10 bits per heavy atom. The highest BCUT2D eigenvalue weighted by Gasteiger charge is 2.12. The van der Waals surface area contributed by atoms with Gasteiger partial charge in [0.05, 0.1) is 5.56 Å². The molecule has 0 saturated carbocycles. The highest BCUT2D eigenvalue weighted by molar-refractivity contribution is 6.32. The number of benzene rings is 2. The first kappa shape index (κ1) is 14.7. The Kier molecular flexibility index (Phi) is 4.53. The molecule has 3 nitrogen and oxygen atoms in total. The van der Waals surface area contributed by atoms with Crippen LogP contribution in [0.15, 0.2) is 36.4 Å². The third kappa shape index (κ3) is 3.24. The van der Waals surface area contributed by atoms with Crippen LogP contribution in [0, 0.1) is 6.92 Å². The van der Waals surface area contributed by atoms with Crippen molar-refractivity contribution in [3.8, 4) is 0 Å². The smallest absolute Gasteiger partial charge is 0.257 e. The second kappa shape index (κ2) is 6.16. The minimum Gasteiger partial charge on any atom is -0.387 e. The molecule has 20 heavy (non-hydrogen) atoms. The molecule has 0 aliphatic carbocycles. The molecule has 0 spiro atoms. The topological polar surface area (TPSA) is 41.1 Å². The van der Waals surface area contributed by atoms with Crippen LogP contribution in [-0.4, -0.2) is 13.0 Å². The van der Waals surface area contributed by atoms with E-state index >= 15 is 0 Å². The van der Waals surface area contributed by atoms with Crippen LogP contribution in [0.1, 0.15) is 15.9 Å². The number of carbonyl (C=O) groups is 1. The molecule has 0 unspecified atom stereocenters. The van der Waals surface area contributed by atoms with Gasteiger partial charge in [-0.15, -0.1) is 0 Å². The predicted octanol–water partition coefficient (Wildman–Crippen LogP) is 4.60. The average molecular weight is 309 g/mol. The summed E-state index contributed by atoms with van der Waals surface area (Å²) in [4.78, 5) is 12.3. The van der Waals surface area contributed by atoms with Crippen molar-refractivity contribution in [3.63, 3.8) is 0 Å². The van der Waals surface area contributed by atoms with Crippen LogP contribution in [0.3, 0.4) is 0 Å². The fourth-order valence-corrected chi connectivity index (χ4v) is 2.14. The number of rotatable bonds is 3. The van der Waals surface area contributed by atoms with E-state index in [1.165, 1.54) is 0 Å². The monoisotopic (exact) mass is 308 g/mol. The van der Waals surface area contributed by atoms with Gasteiger partial charge in [0.2, 0.25) is 0 Å². The van der Waals surface area contributed by atoms with Crippen LogP contribution in [0.4, 0.5) is 11.4 Å². The zero-order chi connectivity index (χ0) is 14.7. The summed E-state index contributed by atoms with van der Waals surface area (Å²) in [7, 11) is 1.75. The van der Waals surface area contributed by atoms with E-state index in [0.717, 1.165) is 5.56 Å². The van der Waals surface area contributed by atoms with Crippen molar-refractivity contribution >= 4 is 40.5 Å². The van der Waals surface area contributed by atoms with Gasteiger partial charge >= 0.3 is 0 Å². The summed E-state index contributed by atoms with van der Waals surface area (Å²) < 4.78 is 0. The zero-order valence-electron chi connectivity index (χ0n) is 11.1. The summed E-state index contributed by atoms with van der Waals surface area (Å²) in [6.07, 6.45) is 0. The van der Waals surface area contributed by atoms with Crippen LogP contribution in [0.25, 0.3) is 0 Å². The summed E-state index contributed by atoms with van der Waals surface area (Å²) in [6.45, 7) is 1.91. The van der Waals surface area contributed by atoms with Crippen LogP contribution >= 0.6 is 23.2 Å². The van der Waals surface area contributed by atoms with Crippen molar-refractivity contribution in [3.05, 3.63) is 57.6 Å². The summed E-state index contributed by atoms with van der Waals surface area (Å²) in [5, 5.41) is 6.89. The van der Waals surface area contributed by atoms with Gasteiger partial charge in [0.1, 0.15) is 0 Å². The second-order valence-corrected chi connectivity index (χ2v) is 5.20. The van der Waals surface area contributed by atoms with Crippen molar-refractivity contribution in [2.45, 2.75) is 6.92 Å². The van der Waals surface area contributed by atoms with Gasteiger partial charge in [-0.25, -0.2) is 0 Å². The lowest BCUT2D eigenvalue weighted by Gasteiger charge is -2.11. The molecule has 0 aliphatic heterocycles. The number of hydrogen-bond acceptors (Lipinski definition) is 2. The molecule has 0 radical (unpaired) electrons. The molecular weight excluding hydrogens is 295 g/mol. The Morgan fingerprint density at radius 2 is 1.85 bits per heavy atom. The number of anilines is 2. The Bertz CT molecular complexity index is 656. The van der Waals surface area contributed by atoms with Gasteiger partial charge in [-0.05, 0) is 42.8 Å². The minimum atomic E-state index is -0.239. The molecule has 0 saturated heterocycles. The Balaban J connectivity index is 2.27. The quantitative estimate of drug-likeness (QED) is 0.870. The molecular formula is C15H14Cl2N2O. The van der Waals surface area contributed by atoms with Gasteiger partial charge in [0.15, 0.2) is 0 Å². The van der Waals surface area contributed by atoms with Crippen molar-refractivity contribution in [2.24, 2.45) is 0 Å². The fourth-order valence-electron chi connectivity index (χ4n) is 1.79. The molecule has 0 heterocycles. The molecule has 2 rings (SSSR count). The van der Waals surface area contributed by atoms with E-state index in [1.54, 1.807) is 31.3 Å². The van der Waals surface area contributed by atoms with Crippen molar-refractivity contribution in [1.82, 2.24) is 0 Å². The van der Waals surface area contributed by atoms with Crippen molar-refractivity contribution in [1.29, 1.82) is 0 Å². The van der Waals surface area contributed by atoms with Crippen LogP contribution < -0.4 is 10.6 Å². The lowest BCUT2D eigenvalue weighted by atomic mass is 10.1. The van der Waals surface area contributed by atoms with Crippen LogP contribution in [-0.2, 0) is 0 Å². The lowest BCUT2D eigenvalue weighted by Crippen LogP contribution is -2.14. The van der Waals surface area contributed by atoms with Gasteiger partial charge in [0.25, 0.3) is 5.91 Å². The van der Waals surface area contributed by atoms with Crippen molar-refractivity contribution in [2.75, 3.05) is 17.7 Å². The number of aryl methyl sites for hydroxylation is 1. The van der Waals surface area contributed by atoms with E-state index in [0.29, 0.717) is 27.0 Å². The first-order valence-corrected chi connectivity index (χ1v) is 6.81. The number of hydrogen-bond donors (Lipinski definition) is 2. The van der Waals surface area contributed by atoms with E-state index in [-0.39, 0.29) is 5.91 Å². The largest absolute Gasteiger partial charge is 0.387 e. The van der Waals surface area contributed by atoms with E-state index < -0.39 is 0 Å². The predicted molar refractivity (Wildman–Crippen MR) is 85.1 cm³/mol. The Hall–Kier alpha value is -1.71. The molecule has 5 heteroatoms. The SMILES string of the molecule is CNc1ccc(Cl)cc1C(=O)Nc1ccc(C)c(Cl)c1. The van der Waals surface area contributed by atoms with Gasteiger partial charge < -0.3 is 10.6 Å². The Morgan fingerprint density at radius 3 is 2.50 bits per heavy atom. The van der Waals surface area contributed by atoms with Crippen molar-refractivity contribution < 1.29 is 4.79 Å². The van der Waals surface area contributed by atoms with Crippen LogP contribution in [0.5, 0.6) is 0 Å². The van der Waals surface area contributed by atoms with Gasteiger partial charge in [-0.1, -0.05) is 29.3 Å². The maximum absolute atomic E-state index is 12.3. The third-order valence-electron chi connectivity index (χ3n) is 2.93.